The molecule has 0 aliphatic carbocycles. The maximum absolute atomic E-state index is 2.44. The zero-order valence-corrected chi connectivity index (χ0v) is 10.5. The first-order chi connectivity index (χ1) is 3.85. The van der Waals surface area contributed by atoms with Crippen molar-refractivity contribution in [2.75, 3.05) is 0 Å². The molecule has 0 amide bonds. The predicted octanol–water partition coefficient (Wildman–Crippen LogP) is 2.04. The van der Waals surface area contributed by atoms with Crippen LogP contribution in [0.5, 0.6) is 0 Å². The van der Waals surface area contributed by atoms with Crippen LogP contribution in [0.25, 0.3) is 0 Å². The van der Waals surface area contributed by atoms with Crippen LogP contribution < -0.4 is 0 Å². The molecule has 0 aliphatic rings. The van der Waals surface area contributed by atoms with Crippen molar-refractivity contribution in [1.82, 2.24) is 0 Å². The van der Waals surface area contributed by atoms with E-state index in [2.05, 4.69) is 16.9 Å². The molecule has 0 spiro atoms. The molecule has 0 unspecified atom stereocenters. The van der Waals surface area contributed by atoms with Crippen LogP contribution in [0.1, 0.15) is 19.8 Å². The molecule has 0 atom stereocenters. The van der Waals surface area contributed by atoms with Crippen LogP contribution in [-0.2, 0) is 0 Å². The van der Waals surface area contributed by atoms with Crippen LogP contribution in [0.3, 0.4) is 0 Å². The molecule has 0 nitrogen and oxygen atoms in total. The minimum atomic E-state index is 0.442. The predicted molar refractivity (Wildman–Crippen MR) is 41.9 cm³/mol. The Morgan fingerprint density at radius 2 is 1.75 bits per heavy atom. The van der Waals surface area contributed by atoms with Gasteiger partial charge in [-0.05, 0) is 0 Å². The van der Waals surface area contributed by atoms with Crippen molar-refractivity contribution < 1.29 is 0 Å². The number of hydrogen-bond acceptors (Lipinski definition) is 0. The van der Waals surface area contributed by atoms with E-state index in [1.807, 2.05) is 0 Å². The van der Waals surface area contributed by atoms with Gasteiger partial charge in [-0.25, -0.2) is 0 Å². The first-order valence-electron chi connectivity index (χ1n) is 2.90. The van der Waals surface area contributed by atoms with Crippen molar-refractivity contribution in [3.05, 3.63) is 0 Å². The zero-order chi connectivity index (χ0) is 6.41. The van der Waals surface area contributed by atoms with E-state index in [0.29, 0.717) is 41.8 Å². The first-order valence-corrected chi connectivity index (χ1v) is 10.3. The van der Waals surface area contributed by atoms with Gasteiger partial charge in [0.1, 0.15) is 0 Å². The third-order valence-corrected chi connectivity index (χ3v) is 12.8. The molecule has 0 aliphatic heterocycles. The Labute approximate surface area is 73.0 Å². The molecule has 2 heteroatoms. The molecule has 0 heterocycles. The summed E-state index contributed by atoms with van der Waals surface area (Å²) in [6.07, 6.45) is 2.96. The van der Waals surface area contributed by atoms with E-state index in [1.165, 1.54) is 14.9 Å². The minimum absolute atomic E-state index is 0.442. The third kappa shape index (κ3) is 4.46. The van der Waals surface area contributed by atoms with Gasteiger partial charge in [-0.2, -0.15) is 0 Å². The third-order valence-electron chi connectivity index (χ3n) is 1.05. The van der Waals surface area contributed by atoms with E-state index >= 15 is 0 Å². The van der Waals surface area contributed by atoms with Gasteiger partial charge in [-0.15, -0.1) is 0 Å². The summed E-state index contributed by atoms with van der Waals surface area (Å²) in [4.78, 5) is 4.89. The van der Waals surface area contributed by atoms with E-state index in [-0.39, 0.29) is 0 Å². The SMILES string of the molecule is CCCC([Te]C)[Te]C. The Kier molecular flexibility index (Phi) is 8.02. The average molecular weight is 341 g/mol. The fraction of sp³-hybridized carbons (Fsp3) is 1.00. The van der Waals surface area contributed by atoms with Crippen molar-refractivity contribution in [3.8, 4) is 0 Å². The monoisotopic (exact) mass is 346 g/mol. The van der Waals surface area contributed by atoms with Gasteiger partial charge >= 0.3 is 73.6 Å². The molecule has 0 saturated carbocycles. The van der Waals surface area contributed by atoms with E-state index < -0.39 is 0 Å². The van der Waals surface area contributed by atoms with Gasteiger partial charge in [0.15, 0.2) is 0 Å². The molecule has 0 aromatic rings. The topological polar surface area (TPSA) is 0 Å². The van der Waals surface area contributed by atoms with Gasteiger partial charge in [0, 0.05) is 0 Å². The van der Waals surface area contributed by atoms with Crippen molar-refractivity contribution in [1.29, 1.82) is 0 Å². The first kappa shape index (κ1) is 9.58. The molecule has 0 saturated heterocycles. The van der Waals surface area contributed by atoms with E-state index in [9.17, 15) is 0 Å². The summed E-state index contributed by atoms with van der Waals surface area (Å²) in [5.41, 5.74) is 0. The van der Waals surface area contributed by atoms with E-state index in [4.69, 9.17) is 0 Å². The Morgan fingerprint density at radius 1 is 1.25 bits per heavy atom. The zero-order valence-electron chi connectivity index (χ0n) is 5.81. The Balaban J connectivity index is 3.07. The number of rotatable bonds is 4. The average Bonchev–Trinajstić information content (AvgIpc) is 1.83. The summed E-state index contributed by atoms with van der Waals surface area (Å²) in [6.45, 7) is 2.30. The quantitative estimate of drug-likeness (QED) is 0.687. The summed E-state index contributed by atoms with van der Waals surface area (Å²) < 4.78 is 1.26. The molecule has 0 rings (SSSR count). The van der Waals surface area contributed by atoms with Crippen LogP contribution in [0.2, 0.25) is 12.0 Å². The van der Waals surface area contributed by atoms with Crippen molar-refractivity contribution in [2.24, 2.45) is 0 Å². The van der Waals surface area contributed by atoms with Gasteiger partial charge in [-0.3, -0.25) is 0 Å². The Hall–Kier alpha value is 1.58. The van der Waals surface area contributed by atoms with Crippen molar-refractivity contribution >= 4 is 41.8 Å². The van der Waals surface area contributed by atoms with Crippen molar-refractivity contribution in [3.63, 3.8) is 0 Å². The summed E-state index contributed by atoms with van der Waals surface area (Å²) in [5, 5.41) is 0. The van der Waals surface area contributed by atoms with Crippen LogP contribution in [0.15, 0.2) is 0 Å². The van der Waals surface area contributed by atoms with Crippen molar-refractivity contribution in [2.45, 2.75) is 31.7 Å². The normalized spacial score (nSPS) is 10.5. The standard InChI is InChI=1S/C6H14Te2/c1-4-5-6(7-2)8-3/h6H,4-5H2,1-3H3. The molecule has 0 fully saturated rings. The second-order valence-electron chi connectivity index (χ2n) is 1.69. The molecule has 0 N–H and O–H groups in total. The number of hydrogen-bond donors (Lipinski definition) is 0. The Morgan fingerprint density at radius 3 is 1.88 bits per heavy atom. The fourth-order valence-corrected chi connectivity index (χ4v) is 7.49. The maximum atomic E-state index is 2.44. The van der Waals surface area contributed by atoms with Gasteiger partial charge in [0.25, 0.3) is 0 Å². The van der Waals surface area contributed by atoms with Gasteiger partial charge in [-0.1, -0.05) is 0 Å². The van der Waals surface area contributed by atoms with E-state index in [1.54, 1.807) is 0 Å². The molecule has 0 aromatic carbocycles. The van der Waals surface area contributed by atoms with Crippen LogP contribution in [-0.4, -0.2) is 41.8 Å². The van der Waals surface area contributed by atoms with E-state index in [0.717, 1.165) is 0 Å². The van der Waals surface area contributed by atoms with Gasteiger partial charge in [0.05, 0.1) is 0 Å². The van der Waals surface area contributed by atoms with Crippen LogP contribution in [0, 0.1) is 0 Å². The molecular weight excluding hydrogens is 327 g/mol. The second kappa shape index (κ2) is 6.70. The molecule has 8 heavy (non-hydrogen) atoms. The summed E-state index contributed by atoms with van der Waals surface area (Å²) >= 11 is 0.884. The molecule has 0 aromatic heterocycles. The van der Waals surface area contributed by atoms with Crippen LogP contribution >= 0.6 is 0 Å². The molecule has 0 bridgehead atoms. The summed E-state index contributed by atoms with van der Waals surface area (Å²) in [6, 6.07) is 0. The van der Waals surface area contributed by atoms with Gasteiger partial charge < -0.3 is 0 Å². The summed E-state index contributed by atoms with van der Waals surface area (Å²) in [7, 11) is 0. The molecular formula is C6H14Te2. The Bertz CT molecular complexity index is 41.8. The van der Waals surface area contributed by atoms with Crippen LogP contribution in [0.4, 0.5) is 0 Å². The fourth-order valence-electron chi connectivity index (χ4n) is 0.568. The molecule has 0 radical (unpaired) electrons. The van der Waals surface area contributed by atoms with Gasteiger partial charge in [0.2, 0.25) is 0 Å². The second-order valence-corrected chi connectivity index (χ2v) is 10.5. The molecule has 50 valence electrons. The summed E-state index contributed by atoms with van der Waals surface area (Å²) in [5.74, 6) is 0.